The molecular formula is C18H26N4O2. The van der Waals surface area contributed by atoms with Crippen LogP contribution in [0.1, 0.15) is 48.7 Å². The van der Waals surface area contributed by atoms with Crippen LogP contribution in [0.3, 0.4) is 0 Å². The number of fused-ring (bicyclic) bond motifs is 1. The van der Waals surface area contributed by atoms with Gasteiger partial charge in [0.25, 0.3) is 5.91 Å². The van der Waals surface area contributed by atoms with E-state index in [0.717, 1.165) is 44.7 Å². The first-order chi connectivity index (χ1) is 11.8. The predicted octanol–water partition coefficient (Wildman–Crippen LogP) is 1.41. The van der Waals surface area contributed by atoms with Crippen LogP contribution in [0.15, 0.2) is 12.5 Å². The molecule has 1 aromatic rings. The van der Waals surface area contributed by atoms with Gasteiger partial charge in [0.2, 0.25) is 0 Å². The fraction of sp³-hybridized carbons (Fsp3) is 0.722. The zero-order valence-corrected chi connectivity index (χ0v) is 14.3. The van der Waals surface area contributed by atoms with E-state index < -0.39 is 0 Å². The van der Waals surface area contributed by atoms with Crippen molar-refractivity contribution in [2.24, 2.45) is 5.92 Å². The minimum absolute atomic E-state index is 0.0291. The lowest BCUT2D eigenvalue weighted by molar-refractivity contribution is -0.0747. The van der Waals surface area contributed by atoms with Crippen molar-refractivity contribution < 1.29 is 9.53 Å². The van der Waals surface area contributed by atoms with E-state index in [2.05, 4.69) is 27.1 Å². The fourth-order valence-electron chi connectivity index (χ4n) is 4.55. The summed E-state index contributed by atoms with van der Waals surface area (Å²) in [6, 6.07) is 0.529. The highest BCUT2D eigenvalue weighted by atomic mass is 16.5. The second kappa shape index (κ2) is 6.76. The van der Waals surface area contributed by atoms with Gasteiger partial charge in [-0.3, -0.25) is 9.69 Å². The molecule has 24 heavy (non-hydrogen) atoms. The number of rotatable bonds is 5. The Morgan fingerprint density at radius 2 is 2.25 bits per heavy atom. The Kier molecular flexibility index (Phi) is 4.50. The average Bonchev–Trinajstić information content (AvgIpc) is 3.24. The van der Waals surface area contributed by atoms with Crippen molar-refractivity contribution in [2.75, 3.05) is 19.7 Å². The standard InChI is InChI=1S/C18H26N4O2/c1-2-5-14-13(10-19-11-20-14)18(23)21-15-12-6-9-24-17(12)16(15)22-7-3-4-8-22/h10-12,15-17H,2-9H2,1H3,(H,21,23)/t12-,15+,16-,17-/m1/s1. The van der Waals surface area contributed by atoms with Gasteiger partial charge >= 0.3 is 0 Å². The molecule has 1 N–H and O–H groups in total. The van der Waals surface area contributed by atoms with Gasteiger partial charge in [-0.25, -0.2) is 9.97 Å². The summed E-state index contributed by atoms with van der Waals surface area (Å²) in [6.45, 7) is 5.17. The van der Waals surface area contributed by atoms with E-state index in [1.807, 2.05) is 0 Å². The third-order valence-corrected chi connectivity index (χ3v) is 5.74. The summed E-state index contributed by atoms with van der Waals surface area (Å²) in [5.74, 6) is 0.428. The van der Waals surface area contributed by atoms with Crippen LogP contribution >= 0.6 is 0 Å². The van der Waals surface area contributed by atoms with Crippen LogP contribution in [-0.4, -0.2) is 58.7 Å². The maximum atomic E-state index is 12.8. The maximum Gasteiger partial charge on any atom is 0.254 e. The predicted molar refractivity (Wildman–Crippen MR) is 89.7 cm³/mol. The second-order valence-electron chi connectivity index (χ2n) is 7.15. The summed E-state index contributed by atoms with van der Waals surface area (Å²) in [5, 5.41) is 3.29. The first-order valence-electron chi connectivity index (χ1n) is 9.25. The topological polar surface area (TPSA) is 67.3 Å². The van der Waals surface area contributed by atoms with Gasteiger partial charge in [0.1, 0.15) is 6.33 Å². The second-order valence-corrected chi connectivity index (χ2v) is 7.15. The lowest BCUT2D eigenvalue weighted by Gasteiger charge is -2.51. The third kappa shape index (κ3) is 2.71. The highest BCUT2D eigenvalue weighted by Crippen LogP contribution is 2.43. The van der Waals surface area contributed by atoms with E-state index in [1.165, 1.54) is 19.2 Å². The Labute approximate surface area is 143 Å². The summed E-state index contributed by atoms with van der Waals surface area (Å²) in [5.41, 5.74) is 1.48. The molecule has 1 aliphatic carbocycles. The molecule has 3 aliphatic rings. The molecular weight excluding hydrogens is 304 g/mol. The van der Waals surface area contributed by atoms with Gasteiger partial charge in [-0.15, -0.1) is 0 Å². The number of hydrogen-bond donors (Lipinski definition) is 1. The monoisotopic (exact) mass is 330 g/mol. The maximum absolute atomic E-state index is 12.8. The number of nitrogens with zero attached hydrogens (tertiary/aromatic N) is 3. The van der Waals surface area contributed by atoms with Crippen LogP contribution in [0, 0.1) is 5.92 Å². The van der Waals surface area contributed by atoms with Gasteiger partial charge in [-0.1, -0.05) is 13.3 Å². The van der Waals surface area contributed by atoms with Crippen molar-refractivity contribution in [1.82, 2.24) is 20.2 Å². The van der Waals surface area contributed by atoms with E-state index in [0.29, 0.717) is 23.6 Å². The molecule has 0 radical (unpaired) electrons. The average molecular weight is 330 g/mol. The molecule has 0 spiro atoms. The molecule has 0 unspecified atom stereocenters. The van der Waals surface area contributed by atoms with E-state index in [9.17, 15) is 4.79 Å². The Balaban J connectivity index is 1.50. The van der Waals surface area contributed by atoms with Gasteiger partial charge in [0.05, 0.1) is 29.4 Å². The summed E-state index contributed by atoms with van der Waals surface area (Å²) in [6.07, 6.45) is 8.81. The molecule has 130 valence electrons. The Hall–Kier alpha value is -1.53. The Morgan fingerprint density at radius 1 is 1.42 bits per heavy atom. The molecule has 1 amide bonds. The normalized spacial score (nSPS) is 32.4. The van der Waals surface area contributed by atoms with E-state index in [4.69, 9.17) is 4.74 Å². The van der Waals surface area contributed by atoms with Crippen molar-refractivity contribution in [3.05, 3.63) is 23.8 Å². The summed E-state index contributed by atoms with van der Waals surface area (Å²) < 4.78 is 5.94. The van der Waals surface area contributed by atoms with Crippen molar-refractivity contribution in [3.8, 4) is 0 Å². The molecule has 3 fully saturated rings. The minimum atomic E-state index is -0.0291. The van der Waals surface area contributed by atoms with E-state index >= 15 is 0 Å². The highest BCUT2D eigenvalue weighted by Gasteiger charge is 2.56. The molecule has 0 bridgehead atoms. The number of aromatic nitrogens is 2. The quantitative estimate of drug-likeness (QED) is 0.884. The number of ether oxygens (including phenoxy) is 1. The molecule has 4 rings (SSSR count). The van der Waals surface area contributed by atoms with Crippen LogP contribution in [0.4, 0.5) is 0 Å². The van der Waals surface area contributed by atoms with Gasteiger partial charge in [0, 0.05) is 18.7 Å². The van der Waals surface area contributed by atoms with Crippen molar-refractivity contribution >= 4 is 5.91 Å². The van der Waals surface area contributed by atoms with E-state index in [-0.39, 0.29) is 11.9 Å². The van der Waals surface area contributed by atoms with Crippen LogP contribution < -0.4 is 5.32 Å². The SMILES string of the molecule is CCCc1ncncc1C(=O)N[C@H]1[C@H]2CCO[C@H]2[C@@H]1N1CCCC1. The smallest absolute Gasteiger partial charge is 0.254 e. The molecule has 1 saturated carbocycles. The largest absolute Gasteiger partial charge is 0.376 e. The Bertz CT molecular complexity index is 598. The number of nitrogens with one attached hydrogen (secondary N) is 1. The molecule has 6 heteroatoms. The number of amides is 1. The molecule has 0 aromatic carbocycles. The first-order valence-corrected chi connectivity index (χ1v) is 9.25. The fourth-order valence-corrected chi connectivity index (χ4v) is 4.55. The third-order valence-electron chi connectivity index (χ3n) is 5.74. The lowest BCUT2D eigenvalue weighted by Crippen LogP contribution is -2.70. The zero-order valence-electron chi connectivity index (χ0n) is 14.3. The van der Waals surface area contributed by atoms with Crippen LogP contribution in [0.2, 0.25) is 0 Å². The number of hydrogen-bond acceptors (Lipinski definition) is 5. The number of likely N-dealkylation sites (tertiary alicyclic amines) is 1. The van der Waals surface area contributed by atoms with Gasteiger partial charge in [-0.05, 0) is 38.8 Å². The van der Waals surface area contributed by atoms with Crippen LogP contribution in [-0.2, 0) is 11.2 Å². The van der Waals surface area contributed by atoms with Gasteiger partial charge in [-0.2, -0.15) is 0 Å². The molecule has 2 saturated heterocycles. The Morgan fingerprint density at radius 3 is 3.04 bits per heavy atom. The van der Waals surface area contributed by atoms with Gasteiger partial charge < -0.3 is 10.1 Å². The van der Waals surface area contributed by atoms with Crippen molar-refractivity contribution in [2.45, 2.75) is 57.2 Å². The molecule has 1 aromatic heterocycles. The highest BCUT2D eigenvalue weighted by molar-refractivity contribution is 5.95. The number of carbonyl (C=O) groups excluding carboxylic acids is 1. The van der Waals surface area contributed by atoms with Crippen LogP contribution in [0.5, 0.6) is 0 Å². The zero-order chi connectivity index (χ0) is 16.5. The lowest BCUT2D eigenvalue weighted by atomic mass is 9.70. The molecule has 4 atom stereocenters. The van der Waals surface area contributed by atoms with Gasteiger partial charge in [0.15, 0.2) is 0 Å². The van der Waals surface area contributed by atoms with Crippen molar-refractivity contribution in [3.63, 3.8) is 0 Å². The summed E-state index contributed by atoms with van der Waals surface area (Å²) in [7, 11) is 0. The summed E-state index contributed by atoms with van der Waals surface area (Å²) in [4.78, 5) is 23.7. The minimum Gasteiger partial charge on any atom is -0.376 e. The first kappa shape index (κ1) is 16.0. The number of aryl methyl sites for hydroxylation is 1. The van der Waals surface area contributed by atoms with Crippen LogP contribution in [0.25, 0.3) is 0 Å². The molecule has 3 heterocycles. The van der Waals surface area contributed by atoms with Crippen molar-refractivity contribution in [1.29, 1.82) is 0 Å². The summed E-state index contributed by atoms with van der Waals surface area (Å²) >= 11 is 0. The molecule has 6 nitrogen and oxygen atoms in total. The molecule has 2 aliphatic heterocycles. The van der Waals surface area contributed by atoms with E-state index in [1.54, 1.807) is 6.20 Å². The number of carbonyl (C=O) groups is 1.